The molecule has 1 unspecified atom stereocenters. The van der Waals surface area contributed by atoms with Gasteiger partial charge in [0.2, 0.25) is 0 Å². The average Bonchev–Trinajstić information content (AvgIpc) is 2.89. The highest BCUT2D eigenvalue weighted by Gasteiger charge is 2.30. The Morgan fingerprint density at radius 2 is 1.95 bits per heavy atom. The number of benzene rings is 1. The number of aromatic nitrogens is 1. The summed E-state index contributed by atoms with van der Waals surface area (Å²) in [6, 6.07) is 5.27. The average molecular weight is 286 g/mol. The number of likely N-dealkylation sites (N-methyl/N-ethyl adjacent to an activating group) is 1. The van der Waals surface area contributed by atoms with Crippen LogP contribution in [0, 0.1) is 0 Å². The fraction of sp³-hybridized carbons (Fsp3) is 0.308. The van der Waals surface area contributed by atoms with Crippen LogP contribution in [0.15, 0.2) is 35.2 Å². The molecular formula is C13H13F3N2S. The normalized spacial score (nSPS) is 13.5. The van der Waals surface area contributed by atoms with Gasteiger partial charge in [0.15, 0.2) is 0 Å². The zero-order valence-electron chi connectivity index (χ0n) is 10.2. The summed E-state index contributed by atoms with van der Waals surface area (Å²) < 4.78 is 37.4. The molecule has 1 aromatic carbocycles. The summed E-state index contributed by atoms with van der Waals surface area (Å²) in [6.07, 6.45) is -3.67. The topological polar surface area (TPSA) is 24.9 Å². The molecule has 2 nitrogen and oxygen atoms in total. The fourth-order valence-electron chi connectivity index (χ4n) is 1.81. The standard InChI is InChI=1S/C13H13F3N2S/c1-17-11(12-7-19-8-18-12)6-9-2-4-10(5-3-9)13(14,15)16/h2-5,7-8,11,17H,6H2,1H3. The minimum atomic E-state index is -4.28. The molecule has 0 fully saturated rings. The molecule has 19 heavy (non-hydrogen) atoms. The Kier molecular flexibility index (Phi) is 4.21. The lowest BCUT2D eigenvalue weighted by Crippen LogP contribution is -2.19. The van der Waals surface area contributed by atoms with Crippen molar-refractivity contribution in [2.75, 3.05) is 7.05 Å². The number of hydrogen-bond donors (Lipinski definition) is 1. The van der Waals surface area contributed by atoms with Crippen molar-refractivity contribution < 1.29 is 13.2 Å². The first-order valence-corrected chi connectivity index (χ1v) is 6.66. The van der Waals surface area contributed by atoms with Crippen molar-refractivity contribution in [1.29, 1.82) is 0 Å². The summed E-state index contributed by atoms with van der Waals surface area (Å²) >= 11 is 1.50. The van der Waals surface area contributed by atoms with Gasteiger partial charge in [0.05, 0.1) is 22.8 Å². The van der Waals surface area contributed by atoms with Gasteiger partial charge in [0, 0.05) is 5.38 Å². The lowest BCUT2D eigenvalue weighted by molar-refractivity contribution is -0.137. The van der Waals surface area contributed by atoms with E-state index in [4.69, 9.17) is 0 Å². The van der Waals surface area contributed by atoms with E-state index in [1.165, 1.54) is 23.5 Å². The second-order valence-corrected chi connectivity index (χ2v) is 4.87. The van der Waals surface area contributed by atoms with Crippen molar-refractivity contribution in [2.45, 2.75) is 18.6 Å². The maximum absolute atomic E-state index is 12.5. The van der Waals surface area contributed by atoms with Crippen LogP contribution in [0.5, 0.6) is 0 Å². The molecular weight excluding hydrogens is 273 g/mol. The van der Waals surface area contributed by atoms with Gasteiger partial charge in [-0.2, -0.15) is 13.2 Å². The smallest absolute Gasteiger partial charge is 0.311 e. The first-order chi connectivity index (χ1) is 9.00. The van der Waals surface area contributed by atoms with Crippen LogP contribution in [-0.4, -0.2) is 12.0 Å². The van der Waals surface area contributed by atoms with Crippen LogP contribution in [0.3, 0.4) is 0 Å². The lowest BCUT2D eigenvalue weighted by atomic mass is 10.0. The quantitative estimate of drug-likeness (QED) is 0.927. The van der Waals surface area contributed by atoms with E-state index >= 15 is 0 Å². The zero-order chi connectivity index (χ0) is 13.9. The van der Waals surface area contributed by atoms with Crippen LogP contribution in [0.2, 0.25) is 0 Å². The first kappa shape index (κ1) is 14.0. The van der Waals surface area contributed by atoms with Crippen molar-refractivity contribution >= 4 is 11.3 Å². The van der Waals surface area contributed by atoms with Crippen LogP contribution in [0.1, 0.15) is 22.9 Å². The highest BCUT2D eigenvalue weighted by atomic mass is 32.1. The van der Waals surface area contributed by atoms with Crippen molar-refractivity contribution in [3.8, 4) is 0 Å². The summed E-state index contributed by atoms with van der Waals surface area (Å²) in [4.78, 5) is 4.22. The maximum Gasteiger partial charge on any atom is 0.416 e. The van der Waals surface area contributed by atoms with Crippen molar-refractivity contribution in [1.82, 2.24) is 10.3 Å². The Hall–Kier alpha value is -1.40. The van der Waals surface area contributed by atoms with Gasteiger partial charge < -0.3 is 5.32 Å². The van der Waals surface area contributed by atoms with Gasteiger partial charge in [-0.3, -0.25) is 0 Å². The number of rotatable bonds is 4. The molecule has 6 heteroatoms. The number of alkyl halides is 3. The third-order valence-corrected chi connectivity index (χ3v) is 3.48. The van der Waals surface area contributed by atoms with Crippen molar-refractivity contribution in [3.05, 3.63) is 52.0 Å². The second kappa shape index (κ2) is 5.71. The molecule has 0 saturated carbocycles. The molecule has 0 aliphatic heterocycles. The molecule has 0 saturated heterocycles. The minimum Gasteiger partial charge on any atom is -0.311 e. The minimum absolute atomic E-state index is 0.0167. The lowest BCUT2D eigenvalue weighted by Gasteiger charge is -2.14. The van der Waals surface area contributed by atoms with E-state index in [9.17, 15) is 13.2 Å². The summed E-state index contributed by atoms with van der Waals surface area (Å²) in [5.41, 5.74) is 2.88. The Bertz CT molecular complexity index is 506. The summed E-state index contributed by atoms with van der Waals surface area (Å²) in [5, 5.41) is 5.06. The molecule has 0 aliphatic rings. The molecule has 2 rings (SSSR count). The van der Waals surface area contributed by atoms with E-state index in [2.05, 4.69) is 10.3 Å². The van der Waals surface area contributed by atoms with Crippen LogP contribution < -0.4 is 5.32 Å². The zero-order valence-corrected chi connectivity index (χ0v) is 11.1. The Labute approximate surface area is 113 Å². The largest absolute Gasteiger partial charge is 0.416 e. The molecule has 0 amide bonds. The molecule has 1 aromatic heterocycles. The summed E-state index contributed by atoms with van der Waals surface area (Å²) in [7, 11) is 1.81. The molecule has 102 valence electrons. The Morgan fingerprint density at radius 1 is 1.26 bits per heavy atom. The van der Waals surface area contributed by atoms with Gasteiger partial charge in [-0.15, -0.1) is 11.3 Å². The number of hydrogen-bond acceptors (Lipinski definition) is 3. The van der Waals surface area contributed by atoms with Gasteiger partial charge in [0.25, 0.3) is 0 Å². The van der Waals surface area contributed by atoms with Crippen molar-refractivity contribution in [2.24, 2.45) is 0 Å². The van der Waals surface area contributed by atoms with E-state index in [0.717, 1.165) is 23.4 Å². The Morgan fingerprint density at radius 3 is 2.42 bits per heavy atom. The highest BCUT2D eigenvalue weighted by molar-refractivity contribution is 7.07. The molecule has 0 spiro atoms. The number of thiazole rings is 1. The highest BCUT2D eigenvalue weighted by Crippen LogP contribution is 2.29. The summed E-state index contributed by atoms with van der Waals surface area (Å²) in [5.74, 6) is 0. The predicted molar refractivity (Wildman–Crippen MR) is 69.1 cm³/mol. The monoisotopic (exact) mass is 286 g/mol. The van der Waals surface area contributed by atoms with Gasteiger partial charge in [-0.25, -0.2) is 4.98 Å². The molecule has 1 atom stereocenters. The van der Waals surface area contributed by atoms with Gasteiger partial charge in [-0.1, -0.05) is 12.1 Å². The van der Waals surface area contributed by atoms with E-state index in [1.54, 1.807) is 5.51 Å². The molecule has 2 aromatic rings. The second-order valence-electron chi connectivity index (χ2n) is 4.15. The Balaban J connectivity index is 2.11. The van der Waals surface area contributed by atoms with Gasteiger partial charge >= 0.3 is 6.18 Å². The van der Waals surface area contributed by atoms with E-state index < -0.39 is 11.7 Å². The molecule has 0 aliphatic carbocycles. The van der Waals surface area contributed by atoms with Crippen LogP contribution in [0.25, 0.3) is 0 Å². The van der Waals surface area contributed by atoms with Crippen LogP contribution >= 0.6 is 11.3 Å². The third-order valence-electron chi connectivity index (χ3n) is 2.88. The predicted octanol–water partition coefficient (Wildman–Crippen LogP) is 3.67. The number of nitrogens with one attached hydrogen (secondary N) is 1. The van der Waals surface area contributed by atoms with E-state index in [-0.39, 0.29) is 6.04 Å². The molecule has 1 N–H and O–H groups in total. The fourth-order valence-corrected chi connectivity index (χ4v) is 2.42. The number of nitrogens with zero attached hydrogens (tertiary/aromatic N) is 1. The first-order valence-electron chi connectivity index (χ1n) is 5.72. The third kappa shape index (κ3) is 3.54. The molecule has 1 heterocycles. The SMILES string of the molecule is CNC(Cc1ccc(C(F)(F)F)cc1)c1cscn1. The maximum atomic E-state index is 12.5. The van der Waals surface area contributed by atoms with Gasteiger partial charge in [-0.05, 0) is 31.2 Å². The molecule has 0 bridgehead atoms. The van der Waals surface area contributed by atoms with Gasteiger partial charge in [0.1, 0.15) is 0 Å². The van der Waals surface area contributed by atoms with Crippen LogP contribution in [0.4, 0.5) is 13.2 Å². The van der Waals surface area contributed by atoms with Crippen LogP contribution in [-0.2, 0) is 12.6 Å². The molecule has 0 radical (unpaired) electrons. The van der Waals surface area contributed by atoms with E-state index in [1.807, 2.05) is 12.4 Å². The van der Waals surface area contributed by atoms with Crippen molar-refractivity contribution in [3.63, 3.8) is 0 Å². The summed E-state index contributed by atoms with van der Waals surface area (Å²) in [6.45, 7) is 0. The number of halogens is 3. The van der Waals surface area contributed by atoms with E-state index in [0.29, 0.717) is 6.42 Å².